The lowest BCUT2D eigenvalue weighted by molar-refractivity contribution is 0.0662. The van der Waals surface area contributed by atoms with Crippen LogP contribution in [0.25, 0.3) is 0 Å². The van der Waals surface area contributed by atoms with Gasteiger partial charge in [-0.05, 0) is 29.3 Å². The van der Waals surface area contributed by atoms with E-state index in [1.807, 2.05) is 0 Å². The van der Waals surface area contributed by atoms with Gasteiger partial charge in [0.05, 0.1) is 6.26 Å². The largest absolute Gasteiger partial charge is 0.475 e. The van der Waals surface area contributed by atoms with E-state index in [1.54, 1.807) is 12.1 Å². The normalized spacial score (nSPS) is 10.3. The van der Waals surface area contributed by atoms with Gasteiger partial charge in [-0.2, -0.15) is 0 Å². The van der Waals surface area contributed by atoms with Crippen molar-refractivity contribution in [1.82, 2.24) is 0 Å². The number of aromatic carboxylic acids is 1. The lowest BCUT2D eigenvalue weighted by Gasteiger charge is -1.97. The zero-order chi connectivity index (χ0) is 11.5. The highest BCUT2D eigenvalue weighted by Gasteiger charge is 2.08. The van der Waals surface area contributed by atoms with Crippen molar-refractivity contribution in [2.24, 2.45) is 0 Å². The fourth-order valence-corrected chi connectivity index (χ4v) is 1.42. The molecular formula is C12H9FO3. The third kappa shape index (κ3) is 2.28. The SMILES string of the molecule is O=C(O)c1cc(Cc2ccc(F)cc2)co1. The van der Waals surface area contributed by atoms with Gasteiger partial charge in [0.25, 0.3) is 0 Å². The number of carbonyl (C=O) groups is 1. The predicted molar refractivity (Wildman–Crippen MR) is 54.9 cm³/mol. The van der Waals surface area contributed by atoms with Crippen LogP contribution in [-0.4, -0.2) is 11.1 Å². The smallest absolute Gasteiger partial charge is 0.371 e. The second-order valence-electron chi connectivity index (χ2n) is 3.43. The monoisotopic (exact) mass is 220 g/mol. The standard InChI is InChI=1S/C12H9FO3/c13-10-3-1-8(2-4-10)5-9-6-11(12(14)15)16-7-9/h1-4,6-7H,5H2,(H,14,15). The van der Waals surface area contributed by atoms with Crippen molar-refractivity contribution in [3.8, 4) is 0 Å². The molecule has 0 amide bonds. The molecule has 0 aliphatic rings. The summed E-state index contributed by atoms with van der Waals surface area (Å²) in [6, 6.07) is 7.51. The molecule has 0 aliphatic heterocycles. The van der Waals surface area contributed by atoms with E-state index in [2.05, 4.69) is 0 Å². The molecule has 0 spiro atoms. The molecule has 2 rings (SSSR count). The molecule has 82 valence electrons. The molecule has 0 fully saturated rings. The lowest BCUT2D eigenvalue weighted by atomic mass is 10.1. The molecule has 4 heteroatoms. The van der Waals surface area contributed by atoms with Gasteiger partial charge < -0.3 is 9.52 Å². The maximum atomic E-state index is 12.6. The summed E-state index contributed by atoms with van der Waals surface area (Å²) >= 11 is 0. The van der Waals surface area contributed by atoms with Crippen LogP contribution in [0.3, 0.4) is 0 Å². The second kappa shape index (κ2) is 4.18. The van der Waals surface area contributed by atoms with Crippen LogP contribution >= 0.6 is 0 Å². The van der Waals surface area contributed by atoms with Gasteiger partial charge in [-0.15, -0.1) is 0 Å². The molecule has 0 aliphatic carbocycles. The van der Waals surface area contributed by atoms with Crippen LogP contribution in [0.4, 0.5) is 4.39 Å². The third-order valence-electron chi connectivity index (χ3n) is 2.19. The summed E-state index contributed by atoms with van der Waals surface area (Å²) in [6.45, 7) is 0. The molecule has 1 aromatic carbocycles. The van der Waals surface area contributed by atoms with Gasteiger partial charge in [-0.1, -0.05) is 12.1 Å². The zero-order valence-corrected chi connectivity index (χ0v) is 8.31. The van der Waals surface area contributed by atoms with Crippen molar-refractivity contribution in [3.63, 3.8) is 0 Å². The summed E-state index contributed by atoms with van der Waals surface area (Å²) in [4.78, 5) is 10.6. The van der Waals surface area contributed by atoms with Crippen molar-refractivity contribution in [2.75, 3.05) is 0 Å². The number of benzene rings is 1. The minimum Gasteiger partial charge on any atom is -0.475 e. The van der Waals surface area contributed by atoms with Crippen molar-refractivity contribution in [1.29, 1.82) is 0 Å². The average molecular weight is 220 g/mol. The Kier molecular flexibility index (Phi) is 2.72. The van der Waals surface area contributed by atoms with Gasteiger partial charge in [0, 0.05) is 6.42 Å². The average Bonchev–Trinajstić information content (AvgIpc) is 2.70. The Morgan fingerprint density at radius 3 is 2.50 bits per heavy atom. The maximum absolute atomic E-state index is 12.6. The molecule has 1 N–H and O–H groups in total. The zero-order valence-electron chi connectivity index (χ0n) is 8.31. The van der Waals surface area contributed by atoms with Crippen LogP contribution in [0.15, 0.2) is 41.0 Å². The summed E-state index contributed by atoms with van der Waals surface area (Å²) in [5, 5.41) is 8.66. The van der Waals surface area contributed by atoms with E-state index in [9.17, 15) is 9.18 Å². The van der Waals surface area contributed by atoms with Gasteiger partial charge >= 0.3 is 5.97 Å². The summed E-state index contributed by atoms with van der Waals surface area (Å²) in [6.07, 6.45) is 1.92. The predicted octanol–water partition coefficient (Wildman–Crippen LogP) is 2.71. The quantitative estimate of drug-likeness (QED) is 0.865. The number of hydrogen-bond acceptors (Lipinski definition) is 2. The highest BCUT2D eigenvalue weighted by atomic mass is 19.1. The van der Waals surface area contributed by atoms with Crippen LogP contribution in [0, 0.1) is 5.82 Å². The van der Waals surface area contributed by atoms with Crippen molar-refractivity contribution >= 4 is 5.97 Å². The Hall–Kier alpha value is -2.10. The van der Waals surface area contributed by atoms with Crippen LogP contribution in [0.1, 0.15) is 21.7 Å². The van der Waals surface area contributed by atoms with Gasteiger partial charge in [0.2, 0.25) is 5.76 Å². The Morgan fingerprint density at radius 2 is 1.94 bits per heavy atom. The minimum absolute atomic E-state index is 0.0860. The van der Waals surface area contributed by atoms with Gasteiger partial charge in [-0.3, -0.25) is 0 Å². The Balaban J connectivity index is 2.14. The first-order valence-corrected chi connectivity index (χ1v) is 4.70. The number of rotatable bonds is 3. The topological polar surface area (TPSA) is 50.4 Å². The number of carboxylic acid groups (broad SMARTS) is 1. The molecule has 0 atom stereocenters. The van der Waals surface area contributed by atoms with E-state index >= 15 is 0 Å². The van der Waals surface area contributed by atoms with E-state index in [4.69, 9.17) is 9.52 Å². The fourth-order valence-electron chi connectivity index (χ4n) is 1.42. The second-order valence-corrected chi connectivity index (χ2v) is 3.43. The van der Waals surface area contributed by atoms with E-state index in [1.165, 1.54) is 24.5 Å². The molecule has 0 saturated carbocycles. The Morgan fingerprint density at radius 1 is 1.25 bits per heavy atom. The molecule has 3 nitrogen and oxygen atoms in total. The molecule has 1 heterocycles. The molecule has 1 aromatic heterocycles. The van der Waals surface area contributed by atoms with Crippen molar-refractivity contribution in [2.45, 2.75) is 6.42 Å². The number of furan rings is 1. The molecule has 2 aromatic rings. The fraction of sp³-hybridized carbons (Fsp3) is 0.0833. The third-order valence-corrected chi connectivity index (χ3v) is 2.19. The molecule has 0 bridgehead atoms. The van der Waals surface area contributed by atoms with Gasteiger partial charge in [0.15, 0.2) is 0 Å². The highest BCUT2D eigenvalue weighted by molar-refractivity contribution is 5.84. The number of carboxylic acids is 1. The molecule has 0 saturated heterocycles. The maximum Gasteiger partial charge on any atom is 0.371 e. The molecule has 16 heavy (non-hydrogen) atoms. The number of halogens is 1. The van der Waals surface area contributed by atoms with Gasteiger partial charge in [0.1, 0.15) is 5.82 Å². The molecule has 0 radical (unpaired) electrons. The van der Waals surface area contributed by atoms with E-state index in [0.29, 0.717) is 6.42 Å². The van der Waals surface area contributed by atoms with Crippen molar-refractivity contribution < 1.29 is 18.7 Å². The van der Waals surface area contributed by atoms with E-state index < -0.39 is 5.97 Å². The van der Waals surface area contributed by atoms with Crippen LogP contribution in [0.5, 0.6) is 0 Å². The molecule has 0 unspecified atom stereocenters. The summed E-state index contributed by atoms with van der Waals surface area (Å²) in [7, 11) is 0. The molecular weight excluding hydrogens is 211 g/mol. The van der Waals surface area contributed by atoms with Crippen LogP contribution < -0.4 is 0 Å². The highest BCUT2D eigenvalue weighted by Crippen LogP contribution is 2.13. The first-order chi connectivity index (χ1) is 7.65. The summed E-state index contributed by atoms with van der Waals surface area (Å²) in [5.74, 6) is -1.47. The summed E-state index contributed by atoms with van der Waals surface area (Å²) < 4.78 is 17.5. The van der Waals surface area contributed by atoms with E-state index in [-0.39, 0.29) is 11.6 Å². The van der Waals surface area contributed by atoms with E-state index in [0.717, 1.165) is 11.1 Å². The van der Waals surface area contributed by atoms with Crippen LogP contribution in [0.2, 0.25) is 0 Å². The lowest BCUT2D eigenvalue weighted by Crippen LogP contribution is -1.92. The minimum atomic E-state index is -1.09. The Bertz CT molecular complexity index is 499. The first-order valence-electron chi connectivity index (χ1n) is 4.70. The van der Waals surface area contributed by atoms with Gasteiger partial charge in [-0.25, -0.2) is 9.18 Å². The Labute approximate surface area is 91.1 Å². The number of hydrogen-bond donors (Lipinski definition) is 1. The summed E-state index contributed by atoms with van der Waals surface area (Å²) in [5.41, 5.74) is 1.66. The van der Waals surface area contributed by atoms with Crippen LogP contribution in [-0.2, 0) is 6.42 Å². The van der Waals surface area contributed by atoms with Crippen molar-refractivity contribution in [3.05, 3.63) is 59.3 Å². The first kappa shape index (κ1) is 10.4.